The van der Waals surface area contributed by atoms with Gasteiger partial charge in [-0.05, 0) is 43.2 Å². The Balaban J connectivity index is 1.32. The summed E-state index contributed by atoms with van der Waals surface area (Å²) in [7, 11) is 1.62. The van der Waals surface area contributed by atoms with Crippen LogP contribution in [0.15, 0.2) is 42.7 Å². The second-order valence-corrected chi connectivity index (χ2v) is 9.67. The van der Waals surface area contributed by atoms with Crippen molar-refractivity contribution in [2.24, 2.45) is 0 Å². The number of carbonyl (C=O) groups is 2. The predicted molar refractivity (Wildman–Crippen MR) is 138 cm³/mol. The van der Waals surface area contributed by atoms with Crippen molar-refractivity contribution in [2.45, 2.75) is 44.7 Å². The predicted octanol–water partition coefficient (Wildman–Crippen LogP) is 3.84. The maximum absolute atomic E-state index is 13.4. The molecule has 1 N–H and O–H groups in total. The third-order valence-corrected chi connectivity index (χ3v) is 7.21. The van der Waals surface area contributed by atoms with Gasteiger partial charge >= 0.3 is 0 Å². The van der Waals surface area contributed by atoms with Crippen LogP contribution < -0.4 is 15.0 Å². The van der Waals surface area contributed by atoms with Crippen molar-refractivity contribution in [3.05, 3.63) is 59.4 Å². The largest absolute Gasteiger partial charge is 0.494 e. The summed E-state index contributed by atoms with van der Waals surface area (Å²) < 4.78 is 20.8. The fraction of sp³-hybridized carbons (Fsp3) is 0.385. The van der Waals surface area contributed by atoms with Crippen LogP contribution >= 0.6 is 11.6 Å². The van der Waals surface area contributed by atoms with Crippen LogP contribution in [0.2, 0.25) is 5.02 Å². The van der Waals surface area contributed by atoms with Gasteiger partial charge in [-0.2, -0.15) is 5.10 Å². The van der Waals surface area contributed by atoms with Crippen LogP contribution in [0.4, 0.5) is 15.8 Å². The highest BCUT2D eigenvalue weighted by molar-refractivity contribution is 6.31. The van der Waals surface area contributed by atoms with Crippen molar-refractivity contribution in [3.8, 4) is 11.4 Å². The minimum atomic E-state index is -0.560. The van der Waals surface area contributed by atoms with Gasteiger partial charge in [-0.3, -0.25) is 9.59 Å². The molecule has 2 aliphatic heterocycles. The van der Waals surface area contributed by atoms with Gasteiger partial charge in [-0.1, -0.05) is 18.5 Å². The minimum absolute atomic E-state index is 0.0371. The highest BCUT2D eigenvalue weighted by Crippen LogP contribution is 2.38. The fourth-order valence-corrected chi connectivity index (χ4v) is 5.32. The number of benzene rings is 2. The van der Waals surface area contributed by atoms with Crippen LogP contribution in [0.1, 0.15) is 32.0 Å². The van der Waals surface area contributed by atoms with Crippen LogP contribution in [-0.4, -0.2) is 63.8 Å². The van der Waals surface area contributed by atoms with Gasteiger partial charge in [-0.15, -0.1) is 0 Å². The molecule has 9 nitrogen and oxygen atoms in total. The van der Waals surface area contributed by atoms with Crippen molar-refractivity contribution in [1.82, 2.24) is 19.7 Å². The molecule has 11 heteroatoms. The van der Waals surface area contributed by atoms with E-state index in [9.17, 15) is 14.0 Å². The first kappa shape index (κ1) is 25.0. The Bertz CT molecular complexity index is 1330. The quantitative estimate of drug-likeness (QED) is 0.503. The third kappa shape index (κ3) is 5.11. The molecule has 0 radical (unpaired) electrons. The van der Waals surface area contributed by atoms with Gasteiger partial charge in [0.05, 0.1) is 18.7 Å². The third-order valence-electron chi connectivity index (χ3n) is 6.92. The fourth-order valence-electron chi connectivity index (χ4n) is 5.14. The summed E-state index contributed by atoms with van der Waals surface area (Å²) >= 11 is 5.81. The second-order valence-electron chi connectivity index (χ2n) is 9.26. The summed E-state index contributed by atoms with van der Waals surface area (Å²) in [5.41, 5.74) is 2.13. The van der Waals surface area contributed by atoms with E-state index in [2.05, 4.69) is 20.3 Å². The molecule has 2 fully saturated rings. The zero-order valence-corrected chi connectivity index (χ0v) is 21.4. The number of rotatable bonds is 7. The molecule has 2 saturated heterocycles. The number of fused-ring (bicyclic) bond motifs is 2. The molecular weight excluding hydrogens is 499 g/mol. The van der Waals surface area contributed by atoms with E-state index in [1.165, 1.54) is 18.2 Å². The number of aryl methyl sites for hydroxylation is 1. The van der Waals surface area contributed by atoms with Crippen molar-refractivity contribution < 1.29 is 18.7 Å². The lowest BCUT2D eigenvalue weighted by Gasteiger charge is -2.31. The van der Waals surface area contributed by atoms with Gasteiger partial charge in [0.1, 0.15) is 23.6 Å². The van der Waals surface area contributed by atoms with Gasteiger partial charge in [0.2, 0.25) is 11.8 Å². The number of likely N-dealkylation sites (tertiary alicyclic amines) is 1. The number of amides is 2. The molecule has 2 amide bonds. The Morgan fingerprint density at radius 2 is 2.03 bits per heavy atom. The summed E-state index contributed by atoms with van der Waals surface area (Å²) in [5, 5.41) is 7.11. The summed E-state index contributed by atoms with van der Waals surface area (Å²) in [6.07, 6.45) is 4.55. The molecule has 2 atom stereocenters. The average Bonchev–Trinajstić information content (AvgIpc) is 3.49. The number of methoxy groups -OCH3 is 1. The molecule has 2 aliphatic rings. The number of hydrogen-bond acceptors (Lipinski definition) is 6. The van der Waals surface area contributed by atoms with E-state index in [4.69, 9.17) is 16.3 Å². The van der Waals surface area contributed by atoms with Gasteiger partial charge in [0.15, 0.2) is 5.82 Å². The topological polar surface area (TPSA) is 92.6 Å². The lowest BCUT2D eigenvalue weighted by molar-refractivity contribution is -0.134. The monoisotopic (exact) mass is 526 g/mol. The molecule has 5 rings (SSSR count). The standard InChI is InChI=1S/C26H28ClFN6O3/c1-3-24-29-15-33(31-24)22-9-7-17(11-23(22)37-2)34-18-5-6-19(34)13-32(26(36)12-18)14-25(35)30-16-4-8-21(28)20(27)10-16/h4,7-11,15,18-19H,3,5-6,12-14H2,1-2H3,(H,30,35). The maximum Gasteiger partial charge on any atom is 0.243 e. The van der Waals surface area contributed by atoms with E-state index >= 15 is 0 Å². The molecule has 2 unspecified atom stereocenters. The van der Waals surface area contributed by atoms with Crippen molar-refractivity contribution >= 4 is 34.8 Å². The molecule has 37 heavy (non-hydrogen) atoms. The Kier molecular flexibility index (Phi) is 7.01. The SMILES string of the molecule is CCc1ncn(-c2ccc(N3C4CCC3CN(CC(=O)Nc3ccc(F)c(Cl)c3)C(=O)C4)cc2OC)n1. The number of anilines is 2. The normalized spacial score (nSPS) is 19.2. The van der Waals surface area contributed by atoms with Crippen LogP contribution in [-0.2, 0) is 16.0 Å². The molecule has 0 aliphatic carbocycles. The van der Waals surface area contributed by atoms with Gasteiger partial charge in [-0.25, -0.2) is 14.1 Å². The Morgan fingerprint density at radius 1 is 1.22 bits per heavy atom. The number of nitrogens with one attached hydrogen (secondary N) is 1. The van der Waals surface area contributed by atoms with Crippen LogP contribution in [0.5, 0.6) is 5.75 Å². The zero-order valence-electron chi connectivity index (χ0n) is 20.7. The van der Waals surface area contributed by atoms with Crippen molar-refractivity contribution in [2.75, 3.05) is 30.4 Å². The van der Waals surface area contributed by atoms with Gasteiger partial charge < -0.3 is 19.9 Å². The average molecular weight is 527 g/mol. The summed E-state index contributed by atoms with van der Waals surface area (Å²) in [6.45, 7) is 2.35. The summed E-state index contributed by atoms with van der Waals surface area (Å²) in [4.78, 5) is 33.9. The van der Waals surface area contributed by atoms with E-state index in [0.717, 1.165) is 36.5 Å². The zero-order chi connectivity index (χ0) is 26.1. The number of hydrogen-bond donors (Lipinski definition) is 1. The van der Waals surface area contributed by atoms with E-state index in [1.54, 1.807) is 23.0 Å². The van der Waals surface area contributed by atoms with E-state index < -0.39 is 5.82 Å². The smallest absolute Gasteiger partial charge is 0.243 e. The first-order valence-corrected chi connectivity index (χ1v) is 12.6. The van der Waals surface area contributed by atoms with Gasteiger partial charge in [0.25, 0.3) is 0 Å². The highest BCUT2D eigenvalue weighted by atomic mass is 35.5. The Morgan fingerprint density at radius 3 is 2.76 bits per heavy atom. The second kappa shape index (κ2) is 10.4. The summed E-state index contributed by atoms with van der Waals surface area (Å²) in [5.74, 6) is 0.430. The molecule has 2 bridgehead atoms. The van der Waals surface area contributed by atoms with Gasteiger partial charge in [0, 0.05) is 48.9 Å². The minimum Gasteiger partial charge on any atom is -0.494 e. The summed E-state index contributed by atoms with van der Waals surface area (Å²) in [6, 6.07) is 10.0. The molecular formula is C26H28ClFN6O3. The lowest BCUT2D eigenvalue weighted by atomic mass is 10.1. The molecule has 1 aromatic heterocycles. The van der Waals surface area contributed by atoms with E-state index in [0.29, 0.717) is 24.4 Å². The molecule has 3 heterocycles. The highest BCUT2D eigenvalue weighted by Gasteiger charge is 2.41. The molecule has 194 valence electrons. The number of carbonyl (C=O) groups excluding carboxylic acids is 2. The van der Waals surface area contributed by atoms with Crippen LogP contribution in [0.25, 0.3) is 5.69 Å². The number of ether oxygens (including phenoxy) is 1. The van der Waals surface area contributed by atoms with E-state index in [1.807, 2.05) is 25.1 Å². The molecule has 0 saturated carbocycles. The van der Waals surface area contributed by atoms with E-state index in [-0.39, 0.29) is 35.5 Å². The first-order valence-electron chi connectivity index (χ1n) is 12.3. The maximum atomic E-state index is 13.4. The van der Waals surface area contributed by atoms with Crippen molar-refractivity contribution in [3.63, 3.8) is 0 Å². The lowest BCUT2D eigenvalue weighted by Crippen LogP contribution is -2.43. The van der Waals surface area contributed by atoms with Crippen LogP contribution in [0, 0.1) is 5.82 Å². The Hall–Kier alpha value is -3.66. The van der Waals surface area contributed by atoms with Crippen LogP contribution in [0.3, 0.4) is 0 Å². The number of aromatic nitrogens is 3. The molecule has 3 aromatic rings. The molecule has 2 aromatic carbocycles. The molecule has 0 spiro atoms. The Labute approximate surface area is 219 Å². The number of nitrogens with zero attached hydrogens (tertiary/aromatic N) is 5. The van der Waals surface area contributed by atoms with Crippen molar-refractivity contribution in [1.29, 1.82) is 0 Å². The first-order chi connectivity index (χ1) is 17.9. The number of halogens is 2.